The zero-order valence-electron chi connectivity index (χ0n) is 11.1. The number of nitrogens with one attached hydrogen (secondary N) is 1. The predicted molar refractivity (Wildman–Crippen MR) is 85.9 cm³/mol. The zero-order valence-corrected chi connectivity index (χ0v) is 14.3. The van der Waals surface area contributed by atoms with Gasteiger partial charge >= 0.3 is 0 Å². The van der Waals surface area contributed by atoms with E-state index in [1.165, 1.54) is 0 Å². The Balaban J connectivity index is 2.06. The van der Waals surface area contributed by atoms with E-state index < -0.39 is 0 Å². The first kappa shape index (κ1) is 15.1. The van der Waals surface area contributed by atoms with Gasteiger partial charge in [0.05, 0.1) is 11.0 Å². The Morgan fingerprint density at radius 3 is 2.65 bits per heavy atom. The number of anilines is 1. The van der Waals surface area contributed by atoms with E-state index in [1.807, 2.05) is 24.3 Å². The minimum absolute atomic E-state index is 0.0165. The van der Waals surface area contributed by atoms with Crippen molar-refractivity contribution in [3.63, 3.8) is 0 Å². The number of hydrogen-bond donors (Lipinski definition) is 1. The van der Waals surface area contributed by atoms with Gasteiger partial charge in [-0.15, -0.1) is 0 Å². The summed E-state index contributed by atoms with van der Waals surface area (Å²) in [6.45, 7) is 0.545. The summed E-state index contributed by atoms with van der Waals surface area (Å²) in [5.41, 5.74) is 1.53. The van der Waals surface area contributed by atoms with Crippen LogP contribution in [0.5, 0.6) is 0 Å². The third kappa shape index (κ3) is 3.64. The molecule has 0 aliphatic rings. The van der Waals surface area contributed by atoms with Gasteiger partial charge < -0.3 is 14.6 Å². The lowest BCUT2D eigenvalue weighted by atomic mass is 10.2. The van der Waals surface area contributed by atoms with Gasteiger partial charge in [-0.05, 0) is 56.1 Å². The van der Waals surface area contributed by atoms with Gasteiger partial charge in [-0.3, -0.25) is 4.79 Å². The molecule has 1 aromatic heterocycles. The highest BCUT2D eigenvalue weighted by Crippen LogP contribution is 2.27. The summed E-state index contributed by atoms with van der Waals surface area (Å²) in [6.07, 6.45) is 0. The largest absolute Gasteiger partial charge is 0.451 e. The Labute approximate surface area is 134 Å². The molecule has 0 atom stereocenters. The first-order valence-corrected chi connectivity index (χ1v) is 7.55. The zero-order chi connectivity index (χ0) is 14.7. The molecule has 2 aromatic rings. The lowest BCUT2D eigenvalue weighted by Crippen LogP contribution is -2.21. The quantitative estimate of drug-likeness (QED) is 0.838. The third-order valence-electron chi connectivity index (χ3n) is 2.68. The fourth-order valence-electron chi connectivity index (χ4n) is 1.69. The molecule has 1 heterocycles. The van der Waals surface area contributed by atoms with Gasteiger partial charge in [0.1, 0.15) is 5.76 Å². The van der Waals surface area contributed by atoms with Crippen molar-refractivity contribution in [2.75, 3.05) is 19.4 Å². The van der Waals surface area contributed by atoms with Gasteiger partial charge in [-0.1, -0.05) is 6.07 Å². The molecule has 1 aromatic carbocycles. The van der Waals surface area contributed by atoms with Crippen molar-refractivity contribution < 1.29 is 9.21 Å². The summed E-state index contributed by atoms with van der Waals surface area (Å²) in [7, 11) is 3.47. The smallest absolute Gasteiger partial charge is 0.253 e. The van der Waals surface area contributed by atoms with Crippen molar-refractivity contribution in [1.82, 2.24) is 4.90 Å². The number of rotatable bonds is 4. The average Bonchev–Trinajstić information content (AvgIpc) is 2.75. The monoisotopic (exact) mass is 400 g/mol. The molecule has 20 heavy (non-hydrogen) atoms. The number of hydrogen-bond acceptors (Lipinski definition) is 3. The second-order valence-corrected chi connectivity index (χ2v) is 6.04. The van der Waals surface area contributed by atoms with Crippen molar-refractivity contribution in [3.8, 4) is 0 Å². The van der Waals surface area contributed by atoms with Crippen LogP contribution in [0.3, 0.4) is 0 Å². The van der Waals surface area contributed by atoms with E-state index in [-0.39, 0.29) is 5.91 Å². The van der Waals surface area contributed by atoms with E-state index in [1.54, 1.807) is 25.1 Å². The second kappa shape index (κ2) is 6.45. The highest BCUT2D eigenvalue weighted by Gasteiger charge is 2.09. The van der Waals surface area contributed by atoms with E-state index in [0.29, 0.717) is 16.8 Å². The van der Waals surface area contributed by atoms with Crippen LogP contribution in [-0.4, -0.2) is 24.9 Å². The molecule has 0 saturated carbocycles. The highest BCUT2D eigenvalue weighted by molar-refractivity contribution is 9.13. The summed E-state index contributed by atoms with van der Waals surface area (Å²) in [5, 5.41) is 3.23. The number of carbonyl (C=O) groups is 1. The van der Waals surface area contributed by atoms with Crippen molar-refractivity contribution in [1.29, 1.82) is 0 Å². The topological polar surface area (TPSA) is 45.5 Å². The van der Waals surface area contributed by atoms with E-state index in [0.717, 1.165) is 15.9 Å². The maximum absolute atomic E-state index is 11.9. The SMILES string of the molecule is CN(C)C(=O)c1cccc(NCc2cc(Br)c(Br)o2)c1. The fraction of sp³-hybridized carbons (Fsp3) is 0.214. The van der Waals surface area contributed by atoms with Crippen LogP contribution in [0.15, 0.2) is 43.9 Å². The molecule has 0 unspecified atom stereocenters. The fourth-order valence-corrected chi connectivity index (χ4v) is 2.35. The van der Waals surface area contributed by atoms with Crippen molar-refractivity contribution >= 4 is 43.5 Å². The third-order valence-corrected chi connectivity index (χ3v) is 4.39. The molecule has 0 aliphatic carbocycles. The van der Waals surface area contributed by atoms with E-state index >= 15 is 0 Å². The number of furan rings is 1. The van der Waals surface area contributed by atoms with Gasteiger partial charge in [0.15, 0.2) is 4.67 Å². The molecule has 0 aliphatic heterocycles. The molecule has 1 amide bonds. The van der Waals surface area contributed by atoms with Crippen LogP contribution in [0, 0.1) is 0 Å². The summed E-state index contributed by atoms with van der Waals surface area (Å²) >= 11 is 6.67. The number of amides is 1. The maximum Gasteiger partial charge on any atom is 0.253 e. The molecule has 0 fully saturated rings. The summed E-state index contributed by atoms with van der Waals surface area (Å²) in [5.74, 6) is 0.783. The van der Waals surface area contributed by atoms with Gasteiger partial charge in [-0.2, -0.15) is 0 Å². The second-order valence-electron chi connectivity index (χ2n) is 4.47. The van der Waals surface area contributed by atoms with Gasteiger partial charge in [0.2, 0.25) is 0 Å². The van der Waals surface area contributed by atoms with Crippen LogP contribution in [-0.2, 0) is 6.54 Å². The van der Waals surface area contributed by atoms with Gasteiger partial charge in [0, 0.05) is 25.3 Å². The number of halogens is 2. The number of nitrogens with zero attached hydrogens (tertiary/aromatic N) is 1. The van der Waals surface area contributed by atoms with E-state index in [4.69, 9.17) is 4.42 Å². The number of benzene rings is 1. The summed E-state index contributed by atoms with van der Waals surface area (Å²) in [4.78, 5) is 13.4. The minimum atomic E-state index is -0.0165. The molecular formula is C14H14Br2N2O2. The molecule has 0 spiro atoms. The Morgan fingerprint density at radius 1 is 1.30 bits per heavy atom. The standard InChI is InChI=1S/C14H14Br2N2O2/c1-18(2)14(19)9-4-3-5-10(6-9)17-8-11-7-12(15)13(16)20-11/h3-7,17H,8H2,1-2H3. The van der Waals surface area contributed by atoms with Crippen molar-refractivity contribution in [2.45, 2.75) is 6.54 Å². The van der Waals surface area contributed by atoms with E-state index in [2.05, 4.69) is 37.2 Å². The van der Waals surface area contributed by atoms with Crippen LogP contribution in [0.25, 0.3) is 0 Å². The molecule has 106 valence electrons. The van der Waals surface area contributed by atoms with Gasteiger partial charge in [0.25, 0.3) is 5.91 Å². The normalized spacial score (nSPS) is 10.4. The van der Waals surface area contributed by atoms with Crippen LogP contribution in [0.2, 0.25) is 0 Å². The summed E-state index contributed by atoms with van der Waals surface area (Å²) in [6, 6.07) is 9.29. The number of carbonyl (C=O) groups excluding carboxylic acids is 1. The Kier molecular flexibility index (Phi) is 4.88. The Bertz CT molecular complexity index is 604. The molecule has 1 N–H and O–H groups in total. The first-order chi connectivity index (χ1) is 9.47. The molecule has 0 saturated heterocycles. The average molecular weight is 402 g/mol. The molecular weight excluding hydrogens is 388 g/mol. The molecule has 0 radical (unpaired) electrons. The molecule has 2 rings (SSSR count). The van der Waals surface area contributed by atoms with Gasteiger partial charge in [-0.25, -0.2) is 0 Å². The van der Waals surface area contributed by atoms with Crippen LogP contribution in [0.4, 0.5) is 5.69 Å². The van der Waals surface area contributed by atoms with Crippen LogP contribution < -0.4 is 5.32 Å². The lowest BCUT2D eigenvalue weighted by molar-refractivity contribution is 0.0827. The van der Waals surface area contributed by atoms with Crippen LogP contribution >= 0.6 is 31.9 Å². The van der Waals surface area contributed by atoms with E-state index in [9.17, 15) is 4.79 Å². The predicted octanol–water partition coefficient (Wildman–Crippen LogP) is 4.12. The Hall–Kier alpha value is -1.27. The maximum atomic E-state index is 11.9. The highest BCUT2D eigenvalue weighted by atomic mass is 79.9. The summed E-state index contributed by atoms with van der Waals surface area (Å²) < 4.78 is 7.04. The Morgan fingerprint density at radius 2 is 2.05 bits per heavy atom. The first-order valence-electron chi connectivity index (χ1n) is 5.96. The minimum Gasteiger partial charge on any atom is -0.451 e. The van der Waals surface area contributed by atoms with Crippen molar-refractivity contribution in [3.05, 3.63) is 50.8 Å². The molecule has 6 heteroatoms. The van der Waals surface area contributed by atoms with Crippen molar-refractivity contribution in [2.24, 2.45) is 0 Å². The van der Waals surface area contributed by atoms with Crippen LogP contribution in [0.1, 0.15) is 16.1 Å². The molecule has 0 bridgehead atoms. The lowest BCUT2D eigenvalue weighted by Gasteiger charge is -2.11. The molecule has 4 nitrogen and oxygen atoms in total.